The molecule has 1 aliphatic rings. The van der Waals surface area contributed by atoms with Crippen molar-refractivity contribution in [3.63, 3.8) is 0 Å². The lowest BCUT2D eigenvalue weighted by Gasteiger charge is -2.34. The van der Waals surface area contributed by atoms with Crippen LogP contribution >= 0.6 is 35.6 Å². The van der Waals surface area contributed by atoms with Crippen LogP contribution in [0.3, 0.4) is 0 Å². The summed E-state index contributed by atoms with van der Waals surface area (Å²) < 4.78 is 5.69. The van der Waals surface area contributed by atoms with Crippen molar-refractivity contribution in [2.75, 3.05) is 33.3 Å². The number of hydrogen-bond acceptors (Lipinski definition) is 3. The summed E-state index contributed by atoms with van der Waals surface area (Å²) in [6.07, 6.45) is 2.62. The normalized spacial score (nSPS) is 15.0. The number of aliphatic imine (C=N–C) groups is 1. The molecule has 8 heteroatoms. The highest BCUT2D eigenvalue weighted by molar-refractivity contribution is 14.0. The zero-order valence-electron chi connectivity index (χ0n) is 17.0. The van der Waals surface area contributed by atoms with Gasteiger partial charge in [0, 0.05) is 43.7 Å². The molecule has 1 aromatic rings. The Hall–Kier alpha value is -1.22. The van der Waals surface area contributed by atoms with Crippen LogP contribution in [0, 0.1) is 5.92 Å². The van der Waals surface area contributed by atoms with E-state index >= 15 is 0 Å². The summed E-state index contributed by atoms with van der Waals surface area (Å²) in [6.45, 7) is 7.79. The molecule has 1 aromatic carbocycles. The third-order valence-electron chi connectivity index (χ3n) is 4.73. The molecule has 1 amide bonds. The van der Waals surface area contributed by atoms with Crippen molar-refractivity contribution >= 4 is 47.4 Å². The molecule has 158 valence electrons. The number of ether oxygens (including phenoxy) is 1. The number of rotatable bonds is 7. The van der Waals surface area contributed by atoms with Gasteiger partial charge in [-0.2, -0.15) is 0 Å². The fourth-order valence-corrected chi connectivity index (χ4v) is 3.41. The van der Waals surface area contributed by atoms with E-state index in [4.69, 9.17) is 21.3 Å². The van der Waals surface area contributed by atoms with Crippen molar-refractivity contribution in [2.45, 2.75) is 39.7 Å². The highest BCUT2D eigenvalue weighted by atomic mass is 127. The summed E-state index contributed by atoms with van der Waals surface area (Å²) >= 11 is 6.08. The second-order valence-corrected chi connectivity index (χ2v) is 7.10. The van der Waals surface area contributed by atoms with E-state index in [1.54, 1.807) is 7.05 Å². The molecule has 2 rings (SSSR count). The van der Waals surface area contributed by atoms with E-state index in [0.717, 1.165) is 49.7 Å². The number of halogens is 2. The van der Waals surface area contributed by atoms with Crippen molar-refractivity contribution in [3.05, 3.63) is 28.8 Å². The van der Waals surface area contributed by atoms with Crippen molar-refractivity contribution in [1.29, 1.82) is 0 Å². The molecule has 0 bridgehead atoms. The second-order valence-electron chi connectivity index (χ2n) is 6.66. The van der Waals surface area contributed by atoms with Crippen molar-refractivity contribution in [1.82, 2.24) is 15.5 Å². The molecule has 0 spiro atoms. The Kier molecular flexibility index (Phi) is 11.6. The summed E-state index contributed by atoms with van der Waals surface area (Å²) in [5.74, 6) is 2.27. The van der Waals surface area contributed by atoms with Gasteiger partial charge in [-0.25, -0.2) is 4.99 Å². The van der Waals surface area contributed by atoms with Gasteiger partial charge in [0.25, 0.3) is 0 Å². The number of guanidine groups is 1. The SMILES string of the molecule is CCNC(=NCc1ccc(Cl)cc1OCC)N1CCC(CC(=O)NC)CC1.I. The summed E-state index contributed by atoms with van der Waals surface area (Å²) in [7, 11) is 1.70. The molecule has 2 N–H and O–H groups in total. The Morgan fingerprint density at radius 2 is 2.04 bits per heavy atom. The van der Waals surface area contributed by atoms with Crippen LogP contribution in [0.4, 0.5) is 0 Å². The van der Waals surface area contributed by atoms with E-state index in [0.29, 0.717) is 30.5 Å². The number of amides is 1. The molecule has 0 aliphatic carbocycles. The molecular weight excluding hydrogens is 491 g/mol. The van der Waals surface area contributed by atoms with Crippen LogP contribution in [0.5, 0.6) is 5.75 Å². The Bertz CT molecular complexity index is 649. The van der Waals surface area contributed by atoms with E-state index in [2.05, 4.69) is 22.5 Å². The first-order valence-corrected chi connectivity index (χ1v) is 10.1. The Morgan fingerprint density at radius 3 is 2.64 bits per heavy atom. The van der Waals surface area contributed by atoms with Crippen LogP contribution in [-0.2, 0) is 11.3 Å². The van der Waals surface area contributed by atoms with Gasteiger partial charge in [0.2, 0.25) is 5.91 Å². The van der Waals surface area contributed by atoms with E-state index in [1.807, 2.05) is 25.1 Å². The zero-order valence-corrected chi connectivity index (χ0v) is 20.0. The zero-order chi connectivity index (χ0) is 19.6. The third kappa shape index (κ3) is 7.66. The number of carbonyl (C=O) groups is 1. The van der Waals surface area contributed by atoms with Gasteiger partial charge in [-0.1, -0.05) is 17.7 Å². The fraction of sp³-hybridized carbons (Fsp3) is 0.600. The third-order valence-corrected chi connectivity index (χ3v) is 4.97. The fourth-order valence-electron chi connectivity index (χ4n) is 3.25. The summed E-state index contributed by atoms with van der Waals surface area (Å²) in [4.78, 5) is 18.7. The number of hydrogen-bond donors (Lipinski definition) is 2. The molecule has 1 heterocycles. The lowest BCUT2D eigenvalue weighted by atomic mass is 9.93. The molecule has 0 atom stereocenters. The molecule has 6 nitrogen and oxygen atoms in total. The second kappa shape index (κ2) is 13.1. The lowest BCUT2D eigenvalue weighted by Crippen LogP contribution is -2.46. The van der Waals surface area contributed by atoms with Gasteiger partial charge in [-0.3, -0.25) is 4.79 Å². The van der Waals surface area contributed by atoms with Crippen molar-refractivity contribution < 1.29 is 9.53 Å². The average Bonchev–Trinajstić information content (AvgIpc) is 2.67. The monoisotopic (exact) mass is 522 g/mol. The molecule has 1 saturated heterocycles. The number of nitrogens with one attached hydrogen (secondary N) is 2. The number of likely N-dealkylation sites (tertiary alicyclic amines) is 1. The van der Waals surface area contributed by atoms with E-state index in [9.17, 15) is 4.79 Å². The average molecular weight is 523 g/mol. The number of nitrogens with zero attached hydrogens (tertiary/aromatic N) is 2. The van der Waals surface area contributed by atoms with Gasteiger partial charge in [0.05, 0.1) is 13.2 Å². The summed E-state index contributed by atoms with van der Waals surface area (Å²) in [6, 6.07) is 5.68. The smallest absolute Gasteiger partial charge is 0.220 e. The van der Waals surface area contributed by atoms with E-state index in [-0.39, 0.29) is 29.9 Å². The van der Waals surface area contributed by atoms with Gasteiger partial charge >= 0.3 is 0 Å². The van der Waals surface area contributed by atoms with Crippen LogP contribution < -0.4 is 15.4 Å². The number of benzene rings is 1. The van der Waals surface area contributed by atoms with Crippen LogP contribution in [-0.4, -0.2) is 50.1 Å². The maximum atomic E-state index is 11.6. The van der Waals surface area contributed by atoms with E-state index in [1.165, 1.54) is 0 Å². The molecule has 0 saturated carbocycles. The van der Waals surface area contributed by atoms with Gasteiger partial charge in [-0.05, 0) is 44.7 Å². The Morgan fingerprint density at radius 1 is 1.32 bits per heavy atom. The maximum absolute atomic E-state index is 11.6. The predicted octanol–water partition coefficient (Wildman–Crippen LogP) is 3.67. The summed E-state index contributed by atoms with van der Waals surface area (Å²) in [5, 5.41) is 6.76. The molecule has 0 radical (unpaired) electrons. The standard InChI is InChI=1S/C20H31ClN4O2.HI/c1-4-23-20(25-10-8-15(9-11-25)12-19(26)22-3)24-14-16-6-7-17(21)13-18(16)27-5-2;/h6-7,13,15H,4-5,8-12,14H2,1-3H3,(H,22,26)(H,23,24);1H. The first-order chi connectivity index (χ1) is 13.1. The quantitative estimate of drug-likeness (QED) is 0.326. The van der Waals surface area contributed by atoms with E-state index < -0.39 is 0 Å². The minimum absolute atomic E-state index is 0. The maximum Gasteiger partial charge on any atom is 0.220 e. The lowest BCUT2D eigenvalue weighted by molar-refractivity contribution is -0.121. The van der Waals surface area contributed by atoms with Gasteiger partial charge in [-0.15, -0.1) is 24.0 Å². The van der Waals surface area contributed by atoms with Crippen molar-refractivity contribution in [3.8, 4) is 5.75 Å². The molecule has 28 heavy (non-hydrogen) atoms. The van der Waals surface area contributed by atoms with Crippen LogP contribution in [0.2, 0.25) is 5.02 Å². The topological polar surface area (TPSA) is 66.0 Å². The van der Waals surface area contributed by atoms with Gasteiger partial charge in [0.15, 0.2) is 5.96 Å². The molecule has 0 aromatic heterocycles. The summed E-state index contributed by atoms with van der Waals surface area (Å²) in [5.41, 5.74) is 1.02. The molecular formula is C20H32ClIN4O2. The first-order valence-electron chi connectivity index (χ1n) is 9.72. The minimum atomic E-state index is 0. The highest BCUT2D eigenvalue weighted by Crippen LogP contribution is 2.25. The minimum Gasteiger partial charge on any atom is -0.493 e. The Balaban J connectivity index is 0.00000392. The van der Waals surface area contributed by atoms with Gasteiger partial charge < -0.3 is 20.3 Å². The molecule has 1 aliphatic heterocycles. The number of piperidine rings is 1. The Labute approximate surface area is 190 Å². The van der Waals surface area contributed by atoms with Gasteiger partial charge in [0.1, 0.15) is 5.75 Å². The molecule has 1 fully saturated rings. The largest absolute Gasteiger partial charge is 0.493 e. The number of carbonyl (C=O) groups excluding carboxylic acids is 1. The predicted molar refractivity (Wildman–Crippen MR) is 126 cm³/mol. The molecule has 0 unspecified atom stereocenters. The van der Waals surface area contributed by atoms with Crippen LogP contribution in [0.1, 0.15) is 38.7 Å². The van der Waals surface area contributed by atoms with Crippen LogP contribution in [0.25, 0.3) is 0 Å². The highest BCUT2D eigenvalue weighted by Gasteiger charge is 2.23. The van der Waals surface area contributed by atoms with Crippen LogP contribution in [0.15, 0.2) is 23.2 Å². The first kappa shape index (κ1) is 24.8. The van der Waals surface area contributed by atoms with Crippen molar-refractivity contribution in [2.24, 2.45) is 10.9 Å².